The van der Waals surface area contributed by atoms with Crippen molar-refractivity contribution in [3.05, 3.63) is 53.9 Å². The normalized spacial score (nSPS) is 19.5. The quantitative estimate of drug-likeness (QED) is 0.584. The molecule has 0 radical (unpaired) electrons. The second kappa shape index (κ2) is 8.62. The van der Waals surface area contributed by atoms with Gasteiger partial charge in [0, 0.05) is 30.4 Å². The molecule has 1 N–H and O–H groups in total. The molecule has 3 aromatic rings. The third-order valence-corrected chi connectivity index (χ3v) is 7.44. The molecule has 0 atom stereocenters. The van der Waals surface area contributed by atoms with Gasteiger partial charge in [0.1, 0.15) is 17.9 Å². The van der Waals surface area contributed by atoms with E-state index in [1.165, 1.54) is 12.4 Å². The van der Waals surface area contributed by atoms with Gasteiger partial charge in [0.05, 0.1) is 17.6 Å². The predicted octanol–water partition coefficient (Wildman–Crippen LogP) is 4.17. The second-order valence-corrected chi connectivity index (χ2v) is 10.1. The highest BCUT2D eigenvalue weighted by molar-refractivity contribution is 5.95. The highest BCUT2D eigenvalue weighted by atomic mass is 19.4. The van der Waals surface area contributed by atoms with Gasteiger partial charge in [0.15, 0.2) is 6.61 Å². The minimum absolute atomic E-state index is 0.0461. The Morgan fingerprint density at radius 2 is 1.81 bits per heavy atom. The van der Waals surface area contributed by atoms with Crippen molar-refractivity contribution < 1.29 is 22.7 Å². The first-order valence-electron chi connectivity index (χ1n) is 12.1. The molecule has 36 heavy (non-hydrogen) atoms. The highest BCUT2D eigenvalue weighted by Crippen LogP contribution is 2.44. The van der Waals surface area contributed by atoms with Crippen LogP contribution >= 0.6 is 0 Å². The number of nitrogens with zero attached hydrogens (tertiary/aromatic N) is 4. The standard InChI is InChI=1S/C26H26F3N5O2/c27-26(28,29)11-17-1-3-20-19(9-17)24(31-16-30-20)34-14-25(15-34)5-7-33(8-6-25)12-18-2-4-21-22(10-18)36-13-23(35)32-21/h1-4,9-10,16H,5-8,11-15H2,(H,32,35). The maximum Gasteiger partial charge on any atom is 0.393 e. The molecule has 10 heteroatoms. The number of hydrogen-bond donors (Lipinski definition) is 1. The van der Waals surface area contributed by atoms with Crippen molar-refractivity contribution in [3.8, 4) is 5.75 Å². The van der Waals surface area contributed by atoms with Crippen molar-refractivity contribution in [3.63, 3.8) is 0 Å². The Hall–Kier alpha value is -3.40. The van der Waals surface area contributed by atoms with Gasteiger partial charge in [-0.05, 0) is 61.3 Å². The summed E-state index contributed by atoms with van der Waals surface area (Å²) in [4.78, 5) is 24.8. The highest BCUT2D eigenvalue weighted by Gasteiger charge is 2.45. The van der Waals surface area contributed by atoms with Crippen molar-refractivity contribution in [2.75, 3.05) is 43.0 Å². The van der Waals surface area contributed by atoms with Crippen LogP contribution in [0.4, 0.5) is 24.7 Å². The number of benzene rings is 2. The average Bonchev–Trinajstić information content (AvgIpc) is 2.82. The van der Waals surface area contributed by atoms with Crippen LogP contribution in [0.2, 0.25) is 0 Å². The van der Waals surface area contributed by atoms with Crippen LogP contribution in [-0.4, -0.2) is 59.7 Å². The number of halogens is 3. The molecule has 2 fully saturated rings. The third-order valence-electron chi connectivity index (χ3n) is 7.44. The Morgan fingerprint density at radius 3 is 2.58 bits per heavy atom. The number of nitrogens with one attached hydrogen (secondary N) is 1. The number of piperidine rings is 1. The lowest BCUT2D eigenvalue weighted by Crippen LogP contribution is -2.60. The molecular formula is C26H26F3N5O2. The SMILES string of the molecule is O=C1COc2cc(CN3CCC4(CC3)CN(c3ncnc5ccc(CC(F)(F)F)cc35)C4)ccc2N1. The average molecular weight is 498 g/mol. The van der Waals surface area contributed by atoms with Gasteiger partial charge in [-0.3, -0.25) is 9.69 Å². The van der Waals surface area contributed by atoms with Gasteiger partial charge in [0.2, 0.25) is 0 Å². The molecule has 1 aromatic heterocycles. The van der Waals surface area contributed by atoms with Crippen LogP contribution in [0.5, 0.6) is 5.75 Å². The van der Waals surface area contributed by atoms with Crippen LogP contribution < -0.4 is 15.0 Å². The predicted molar refractivity (Wildman–Crippen MR) is 129 cm³/mol. The van der Waals surface area contributed by atoms with E-state index in [9.17, 15) is 18.0 Å². The summed E-state index contributed by atoms with van der Waals surface area (Å²) < 4.78 is 44.3. The first-order valence-corrected chi connectivity index (χ1v) is 12.1. The zero-order valence-corrected chi connectivity index (χ0v) is 19.6. The van der Waals surface area contributed by atoms with Crippen LogP contribution in [0.3, 0.4) is 0 Å². The van der Waals surface area contributed by atoms with E-state index >= 15 is 0 Å². The van der Waals surface area contributed by atoms with E-state index in [4.69, 9.17) is 4.74 Å². The van der Waals surface area contributed by atoms with E-state index in [1.54, 1.807) is 12.1 Å². The number of likely N-dealkylation sites (tertiary alicyclic amines) is 1. The van der Waals surface area contributed by atoms with E-state index < -0.39 is 12.6 Å². The zero-order valence-electron chi connectivity index (χ0n) is 19.6. The Balaban J connectivity index is 1.09. The van der Waals surface area contributed by atoms with Gasteiger partial charge in [-0.1, -0.05) is 12.1 Å². The first kappa shape index (κ1) is 23.0. The number of ether oxygens (including phenoxy) is 1. The van der Waals surface area contributed by atoms with Crippen LogP contribution in [0.25, 0.3) is 10.9 Å². The van der Waals surface area contributed by atoms with Gasteiger partial charge >= 0.3 is 6.18 Å². The molecule has 6 rings (SSSR count). The van der Waals surface area contributed by atoms with E-state index in [-0.39, 0.29) is 23.5 Å². The Labute approximate surface area is 206 Å². The first-order chi connectivity index (χ1) is 17.3. The number of carbonyl (C=O) groups is 1. The summed E-state index contributed by atoms with van der Waals surface area (Å²) in [6.07, 6.45) is -1.60. The fourth-order valence-corrected chi connectivity index (χ4v) is 5.57. The summed E-state index contributed by atoms with van der Waals surface area (Å²) in [6.45, 7) is 4.52. The lowest BCUT2D eigenvalue weighted by Gasteiger charge is -2.54. The maximum absolute atomic E-state index is 12.9. The van der Waals surface area contributed by atoms with Crippen molar-refractivity contribution in [1.82, 2.24) is 14.9 Å². The molecular weight excluding hydrogens is 471 g/mol. The number of hydrogen-bond acceptors (Lipinski definition) is 6. The second-order valence-electron chi connectivity index (χ2n) is 10.1. The van der Waals surface area contributed by atoms with Crippen molar-refractivity contribution >= 4 is 28.3 Å². The molecule has 7 nitrogen and oxygen atoms in total. The molecule has 3 aliphatic rings. The lowest BCUT2D eigenvalue weighted by molar-refractivity contribution is -0.127. The Kier molecular flexibility index (Phi) is 5.51. The monoisotopic (exact) mass is 497 g/mol. The van der Waals surface area contributed by atoms with Crippen molar-refractivity contribution in [2.45, 2.75) is 32.0 Å². The van der Waals surface area contributed by atoms with Gasteiger partial charge in [-0.2, -0.15) is 13.2 Å². The van der Waals surface area contributed by atoms with Crippen LogP contribution in [0, 0.1) is 5.41 Å². The third kappa shape index (κ3) is 4.57. The van der Waals surface area contributed by atoms with Crippen LogP contribution in [0.1, 0.15) is 24.0 Å². The molecule has 3 aliphatic heterocycles. The minimum Gasteiger partial charge on any atom is -0.482 e. The molecule has 1 spiro atoms. The zero-order chi connectivity index (χ0) is 24.9. The van der Waals surface area contributed by atoms with Crippen molar-refractivity contribution in [2.24, 2.45) is 5.41 Å². The Bertz CT molecular complexity index is 1310. The van der Waals surface area contributed by atoms with Crippen molar-refractivity contribution in [1.29, 1.82) is 0 Å². The summed E-state index contributed by atoms with van der Waals surface area (Å²) in [7, 11) is 0. The van der Waals surface area contributed by atoms with E-state index in [0.717, 1.165) is 56.9 Å². The van der Waals surface area contributed by atoms with Crippen LogP contribution in [-0.2, 0) is 17.8 Å². The largest absolute Gasteiger partial charge is 0.482 e. The fourth-order valence-electron chi connectivity index (χ4n) is 5.57. The van der Waals surface area contributed by atoms with Gasteiger partial charge in [0.25, 0.3) is 5.91 Å². The number of aromatic nitrogens is 2. The molecule has 4 heterocycles. The van der Waals surface area contributed by atoms with Gasteiger partial charge in [-0.25, -0.2) is 9.97 Å². The number of amides is 1. The van der Waals surface area contributed by atoms with Gasteiger partial charge in [-0.15, -0.1) is 0 Å². The molecule has 0 bridgehead atoms. The number of fused-ring (bicyclic) bond motifs is 2. The van der Waals surface area contributed by atoms with E-state index in [2.05, 4.69) is 25.1 Å². The summed E-state index contributed by atoms with van der Waals surface area (Å²) in [5.74, 6) is 1.30. The molecule has 0 unspecified atom stereocenters. The topological polar surface area (TPSA) is 70.6 Å². The summed E-state index contributed by atoms with van der Waals surface area (Å²) in [5, 5.41) is 3.50. The molecule has 0 saturated carbocycles. The fraction of sp³-hybridized carbons (Fsp3) is 0.423. The molecule has 188 valence electrons. The number of alkyl halides is 3. The number of rotatable bonds is 4. The van der Waals surface area contributed by atoms with Gasteiger partial charge < -0.3 is 15.0 Å². The summed E-state index contributed by atoms with van der Waals surface area (Å²) in [6, 6.07) is 10.6. The van der Waals surface area contributed by atoms with Crippen LogP contribution in [0.15, 0.2) is 42.7 Å². The minimum atomic E-state index is -4.25. The number of carbonyl (C=O) groups excluding carboxylic acids is 1. The number of anilines is 2. The molecule has 1 amide bonds. The Morgan fingerprint density at radius 1 is 1.03 bits per heavy atom. The summed E-state index contributed by atoms with van der Waals surface area (Å²) in [5.41, 5.74) is 2.96. The maximum atomic E-state index is 12.9. The lowest BCUT2D eigenvalue weighted by atomic mass is 9.72. The molecule has 2 aromatic carbocycles. The van der Waals surface area contributed by atoms with E-state index in [0.29, 0.717) is 22.3 Å². The summed E-state index contributed by atoms with van der Waals surface area (Å²) >= 11 is 0. The van der Waals surface area contributed by atoms with E-state index in [1.807, 2.05) is 18.2 Å². The smallest absolute Gasteiger partial charge is 0.393 e. The molecule has 2 saturated heterocycles. The molecule has 0 aliphatic carbocycles.